The molecule has 0 saturated carbocycles. The van der Waals surface area contributed by atoms with Crippen molar-refractivity contribution in [2.45, 2.75) is 13.1 Å². The third kappa shape index (κ3) is 3.11. The summed E-state index contributed by atoms with van der Waals surface area (Å²) in [7, 11) is 0. The molecule has 5 heteroatoms. The van der Waals surface area contributed by atoms with E-state index in [1.54, 1.807) is 11.3 Å². The van der Waals surface area contributed by atoms with Crippen LogP contribution in [-0.4, -0.2) is 4.98 Å². The molecule has 0 atom stereocenters. The SMILES string of the molecule is Brc1cc(CNCc2cccc3cccnc23)sc1Br. The highest BCUT2D eigenvalue weighted by Gasteiger charge is 2.05. The Morgan fingerprint density at radius 3 is 2.75 bits per heavy atom. The van der Waals surface area contributed by atoms with Gasteiger partial charge in [-0.25, -0.2) is 0 Å². The minimum atomic E-state index is 0.821. The first-order chi connectivity index (χ1) is 9.74. The number of rotatable bonds is 4. The highest BCUT2D eigenvalue weighted by Crippen LogP contribution is 2.32. The summed E-state index contributed by atoms with van der Waals surface area (Å²) in [5.74, 6) is 0. The number of hydrogen-bond acceptors (Lipinski definition) is 3. The number of aromatic nitrogens is 1. The van der Waals surface area contributed by atoms with E-state index in [1.165, 1.54) is 15.8 Å². The number of fused-ring (bicyclic) bond motifs is 1. The third-order valence-electron chi connectivity index (χ3n) is 3.03. The van der Waals surface area contributed by atoms with Gasteiger partial charge in [-0.3, -0.25) is 4.98 Å². The van der Waals surface area contributed by atoms with Crippen molar-refractivity contribution < 1.29 is 0 Å². The van der Waals surface area contributed by atoms with Gasteiger partial charge in [0.1, 0.15) is 0 Å². The summed E-state index contributed by atoms with van der Waals surface area (Å²) >= 11 is 8.78. The number of pyridine rings is 1. The van der Waals surface area contributed by atoms with Crippen LogP contribution < -0.4 is 5.32 Å². The largest absolute Gasteiger partial charge is 0.308 e. The van der Waals surface area contributed by atoms with Gasteiger partial charge in [0, 0.05) is 34.0 Å². The standard InChI is InChI=1S/C15H12Br2N2S/c16-13-7-12(20-15(13)17)9-18-8-11-4-1-3-10-5-2-6-19-14(10)11/h1-7,18H,8-9H2. The van der Waals surface area contributed by atoms with Crippen LogP contribution in [0.2, 0.25) is 0 Å². The maximum absolute atomic E-state index is 4.47. The molecule has 2 heterocycles. The summed E-state index contributed by atoms with van der Waals surface area (Å²) in [6, 6.07) is 12.5. The van der Waals surface area contributed by atoms with E-state index in [0.717, 1.165) is 26.9 Å². The van der Waals surface area contributed by atoms with Crippen LogP contribution in [0, 0.1) is 0 Å². The molecule has 0 fully saturated rings. The lowest BCUT2D eigenvalue weighted by molar-refractivity contribution is 0.703. The number of para-hydroxylation sites is 1. The Morgan fingerprint density at radius 2 is 1.95 bits per heavy atom. The molecular weight excluding hydrogens is 400 g/mol. The molecule has 0 amide bonds. The summed E-state index contributed by atoms with van der Waals surface area (Å²) in [5.41, 5.74) is 2.31. The first-order valence-corrected chi connectivity index (χ1v) is 8.61. The quantitative estimate of drug-likeness (QED) is 0.645. The molecule has 1 aromatic carbocycles. The van der Waals surface area contributed by atoms with Crippen molar-refractivity contribution in [3.05, 3.63) is 61.3 Å². The van der Waals surface area contributed by atoms with Crippen molar-refractivity contribution in [2.75, 3.05) is 0 Å². The van der Waals surface area contributed by atoms with Crippen LogP contribution in [-0.2, 0) is 13.1 Å². The minimum absolute atomic E-state index is 0.821. The van der Waals surface area contributed by atoms with E-state index in [4.69, 9.17) is 0 Å². The second-order valence-electron chi connectivity index (χ2n) is 4.43. The number of halogens is 2. The zero-order chi connectivity index (χ0) is 13.9. The molecule has 0 aliphatic carbocycles. The summed E-state index contributed by atoms with van der Waals surface area (Å²) < 4.78 is 2.26. The first-order valence-electron chi connectivity index (χ1n) is 6.21. The van der Waals surface area contributed by atoms with Crippen LogP contribution in [0.15, 0.2) is 50.9 Å². The summed E-state index contributed by atoms with van der Waals surface area (Å²) in [6.07, 6.45) is 1.85. The van der Waals surface area contributed by atoms with E-state index < -0.39 is 0 Å². The van der Waals surface area contributed by atoms with Gasteiger partial charge in [-0.05, 0) is 49.6 Å². The highest BCUT2D eigenvalue weighted by molar-refractivity contribution is 9.13. The van der Waals surface area contributed by atoms with Crippen molar-refractivity contribution in [1.82, 2.24) is 10.3 Å². The summed E-state index contributed by atoms with van der Waals surface area (Å²) in [4.78, 5) is 5.78. The van der Waals surface area contributed by atoms with Gasteiger partial charge in [0.15, 0.2) is 0 Å². The molecule has 0 radical (unpaired) electrons. The van der Waals surface area contributed by atoms with Crippen molar-refractivity contribution in [1.29, 1.82) is 0 Å². The smallest absolute Gasteiger partial charge is 0.0843 e. The van der Waals surface area contributed by atoms with Gasteiger partial charge in [0.2, 0.25) is 0 Å². The fraction of sp³-hybridized carbons (Fsp3) is 0.133. The van der Waals surface area contributed by atoms with Crippen LogP contribution in [0.3, 0.4) is 0 Å². The van der Waals surface area contributed by atoms with Gasteiger partial charge in [-0.1, -0.05) is 24.3 Å². The number of hydrogen-bond donors (Lipinski definition) is 1. The Labute approximate surface area is 138 Å². The van der Waals surface area contributed by atoms with Gasteiger partial charge in [0.05, 0.1) is 9.30 Å². The normalized spacial score (nSPS) is 11.1. The number of thiophene rings is 1. The molecule has 0 aliphatic heterocycles. The van der Waals surface area contributed by atoms with Crippen LogP contribution in [0.5, 0.6) is 0 Å². The van der Waals surface area contributed by atoms with Crippen LogP contribution in [0.25, 0.3) is 10.9 Å². The average Bonchev–Trinajstić information content (AvgIpc) is 2.78. The molecule has 3 aromatic rings. The van der Waals surface area contributed by atoms with Gasteiger partial charge >= 0.3 is 0 Å². The number of benzene rings is 1. The van der Waals surface area contributed by atoms with Crippen molar-refractivity contribution in [3.8, 4) is 0 Å². The molecule has 0 aliphatic rings. The molecular formula is C15H12Br2N2S. The first kappa shape index (κ1) is 14.2. The lowest BCUT2D eigenvalue weighted by Gasteiger charge is -2.06. The maximum atomic E-state index is 4.47. The van der Waals surface area contributed by atoms with E-state index in [2.05, 4.69) is 72.5 Å². The molecule has 102 valence electrons. The van der Waals surface area contributed by atoms with Gasteiger partial charge < -0.3 is 5.32 Å². The molecule has 2 nitrogen and oxygen atoms in total. The second kappa shape index (κ2) is 6.35. The molecule has 3 rings (SSSR count). The molecule has 2 aromatic heterocycles. The lowest BCUT2D eigenvalue weighted by Crippen LogP contribution is -2.12. The number of nitrogens with zero attached hydrogens (tertiary/aromatic N) is 1. The predicted octanol–water partition coefficient (Wildman–Crippen LogP) is 5.11. The van der Waals surface area contributed by atoms with Crippen LogP contribution in [0.1, 0.15) is 10.4 Å². The molecule has 20 heavy (non-hydrogen) atoms. The topological polar surface area (TPSA) is 24.9 Å². The Balaban J connectivity index is 1.71. The Bertz CT molecular complexity index is 715. The van der Waals surface area contributed by atoms with E-state index in [-0.39, 0.29) is 0 Å². The van der Waals surface area contributed by atoms with Gasteiger partial charge in [-0.2, -0.15) is 0 Å². The molecule has 0 spiro atoms. The predicted molar refractivity (Wildman–Crippen MR) is 92.0 cm³/mol. The van der Waals surface area contributed by atoms with Crippen LogP contribution >= 0.6 is 43.2 Å². The summed E-state index contributed by atoms with van der Waals surface area (Å²) in [6.45, 7) is 1.68. The monoisotopic (exact) mass is 410 g/mol. The van der Waals surface area contributed by atoms with Crippen molar-refractivity contribution >= 4 is 54.1 Å². The van der Waals surface area contributed by atoms with E-state index in [9.17, 15) is 0 Å². The van der Waals surface area contributed by atoms with E-state index >= 15 is 0 Å². The molecule has 0 saturated heterocycles. The van der Waals surface area contributed by atoms with Crippen molar-refractivity contribution in [3.63, 3.8) is 0 Å². The summed E-state index contributed by atoms with van der Waals surface area (Å²) in [5, 5.41) is 4.67. The molecule has 0 bridgehead atoms. The van der Waals surface area contributed by atoms with Crippen molar-refractivity contribution in [2.24, 2.45) is 0 Å². The van der Waals surface area contributed by atoms with Gasteiger partial charge in [-0.15, -0.1) is 11.3 Å². The zero-order valence-corrected chi connectivity index (χ0v) is 14.6. The molecule has 0 unspecified atom stereocenters. The Morgan fingerprint density at radius 1 is 1.10 bits per heavy atom. The lowest BCUT2D eigenvalue weighted by atomic mass is 10.1. The molecule has 1 N–H and O–H groups in total. The fourth-order valence-corrected chi connectivity index (χ4v) is 4.26. The highest BCUT2D eigenvalue weighted by atomic mass is 79.9. The minimum Gasteiger partial charge on any atom is -0.308 e. The number of nitrogens with one attached hydrogen (secondary N) is 1. The fourth-order valence-electron chi connectivity index (χ4n) is 2.11. The van der Waals surface area contributed by atoms with E-state index in [1.807, 2.05) is 12.3 Å². The average molecular weight is 412 g/mol. The van der Waals surface area contributed by atoms with Crippen LogP contribution in [0.4, 0.5) is 0 Å². The van der Waals surface area contributed by atoms with Gasteiger partial charge in [0.25, 0.3) is 0 Å². The Hall–Kier alpha value is -0.750. The maximum Gasteiger partial charge on any atom is 0.0843 e. The zero-order valence-electron chi connectivity index (χ0n) is 10.6. The third-order valence-corrected chi connectivity index (χ3v) is 6.28. The Kier molecular flexibility index (Phi) is 4.51. The second-order valence-corrected chi connectivity index (χ2v) is 7.74. The van der Waals surface area contributed by atoms with E-state index in [0.29, 0.717) is 0 Å².